The Hall–Kier alpha value is -1.95. The number of aromatic nitrogens is 2. The lowest BCUT2D eigenvalue weighted by molar-refractivity contribution is 0.254. The van der Waals surface area contributed by atoms with Gasteiger partial charge in [-0.1, -0.05) is 0 Å². The number of rotatable bonds is 7. The highest BCUT2D eigenvalue weighted by Crippen LogP contribution is 2.30. The molecule has 3 heterocycles. The van der Waals surface area contributed by atoms with Gasteiger partial charge in [-0.25, -0.2) is 4.98 Å². The Balaban J connectivity index is 1.68. The van der Waals surface area contributed by atoms with Crippen molar-refractivity contribution in [1.29, 1.82) is 0 Å². The zero-order valence-corrected chi connectivity index (χ0v) is 14.3. The molecule has 6 heteroatoms. The number of methoxy groups -OCH3 is 1. The minimum absolute atomic E-state index is 0.696. The van der Waals surface area contributed by atoms with Gasteiger partial charge in [0, 0.05) is 19.7 Å². The van der Waals surface area contributed by atoms with Crippen LogP contribution in [0.15, 0.2) is 12.3 Å². The lowest BCUT2D eigenvalue weighted by atomic mass is 10.3. The molecule has 2 aromatic heterocycles. The molecule has 1 saturated heterocycles. The van der Waals surface area contributed by atoms with Gasteiger partial charge < -0.3 is 19.7 Å². The molecule has 1 aliphatic rings. The van der Waals surface area contributed by atoms with Gasteiger partial charge in [0.05, 0.1) is 25.6 Å². The third-order valence-corrected chi connectivity index (χ3v) is 4.46. The van der Waals surface area contributed by atoms with Gasteiger partial charge in [0.2, 0.25) is 0 Å². The molecule has 0 unspecified atom stereocenters. The van der Waals surface area contributed by atoms with Crippen molar-refractivity contribution in [3.8, 4) is 11.5 Å². The maximum atomic E-state index is 5.95. The third kappa shape index (κ3) is 3.37. The molecule has 3 rings (SSSR count). The Bertz CT molecular complexity index is 662. The highest BCUT2D eigenvalue weighted by atomic mass is 16.5. The number of nitrogens with zero attached hydrogens (tertiary/aromatic N) is 3. The van der Waals surface area contributed by atoms with Crippen molar-refractivity contribution in [3.05, 3.63) is 18.0 Å². The van der Waals surface area contributed by atoms with E-state index in [4.69, 9.17) is 9.47 Å². The highest BCUT2D eigenvalue weighted by molar-refractivity contribution is 5.59. The SMILES string of the molecule is CNc1nc2cc(OCCCN3CCCC3)c(OC)cn2c1C. The van der Waals surface area contributed by atoms with Gasteiger partial charge in [0.1, 0.15) is 11.5 Å². The number of pyridine rings is 1. The fraction of sp³-hybridized carbons (Fsp3) is 0.588. The summed E-state index contributed by atoms with van der Waals surface area (Å²) in [5, 5.41) is 3.11. The number of nitrogens with one attached hydrogen (secondary N) is 1. The van der Waals surface area contributed by atoms with E-state index in [0.29, 0.717) is 6.61 Å². The summed E-state index contributed by atoms with van der Waals surface area (Å²) in [6, 6.07) is 1.95. The lowest BCUT2D eigenvalue weighted by Gasteiger charge is -2.15. The lowest BCUT2D eigenvalue weighted by Crippen LogP contribution is -2.21. The van der Waals surface area contributed by atoms with Crippen molar-refractivity contribution in [1.82, 2.24) is 14.3 Å². The molecule has 0 aromatic carbocycles. The molecule has 0 bridgehead atoms. The Labute approximate surface area is 137 Å². The van der Waals surface area contributed by atoms with Gasteiger partial charge in [-0.15, -0.1) is 0 Å². The van der Waals surface area contributed by atoms with Gasteiger partial charge in [-0.2, -0.15) is 0 Å². The first kappa shape index (κ1) is 15.9. The smallest absolute Gasteiger partial charge is 0.177 e. The van der Waals surface area contributed by atoms with Crippen molar-refractivity contribution in [2.45, 2.75) is 26.2 Å². The number of fused-ring (bicyclic) bond motifs is 1. The van der Waals surface area contributed by atoms with Crippen LogP contribution in [0.5, 0.6) is 11.5 Å². The molecule has 0 amide bonds. The molecule has 0 radical (unpaired) electrons. The maximum Gasteiger partial charge on any atom is 0.177 e. The molecule has 23 heavy (non-hydrogen) atoms. The molecule has 1 N–H and O–H groups in total. The number of likely N-dealkylation sites (tertiary alicyclic amines) is 1. The standard InChI is InChI=1S/C17H26N4O2/c1-13-17(18-2)19-16-11-14(15(22-3)12-21(13)16)23-10-6-9-20-7-4-5-8-20/h11-12,18H,4-10H2,1-3H3. The molecule has 1 fully saturated rings. The molecule has 1 aliphatic heterocycles. The summed E-state index contributed by atoms with van der Waals surface area (Å²) in [5.74, 6) is 2.37. The Morgan fingerprint density at radius 2 is 2.04 bits per heavy atom. The third-order valence-electron chi connectivity index (χ3n) is 4.46. The maximum absolute atomic E-state index is 5.95. The minimum atomic E-state index is 0.696. The van der Waals surface area contributed by atoms with E-state index in [2.05, 4.69) is 15.2 Å². The van der Waals surface area contributed by atoms with Crippen LogP contribution in [0.3, 0.4) is 0 Å². The Morgan fingerprint density at radius 1 is 1.26 bits per heavy atom. The zero-order chi connectivity index (χ0) is 16.2. The Kier molecular flexibility index (Phi) is 4.91. The second-order valence-corrected chi connectivity index (χ2v) is 5.98. The van der Waals surface area contributed by atoms with Crippen molar-refractivity contribution in [2.75, 3.05) is 45.7 Å². The van der Waals surface area contributed by atoms with E-state index in [1.165, 1.54) is 25.9 Å². The first-order chi connectivity index (χ1) is 11.2. The van der Waals surface area contributed by atoms with Gasteiger partial charge >= 0.3 is 0 Å². The van der Waals surface area contributed by atoms with Gasteiger partial charge in [-0.05, 0) is 39.3 Å². The molecular weight excluding hydrogens is 292 g/mol. The van der Waals surface area contributed by atoms with Gasteiger partial charge in [0.15, 0.2) is 11.5 Å². The second-order valence-electron chi connectivity index (χ2n) is 5.98. The predicted octanol–water partition coefficient (Wildman–Crippen LogP) is 2.56. The number of hydrogen-bond acceptors (Lipinski definition) is 5. The van der Waals surface area contributed by atoms with E-state index in [0.717, 1.165) is 41.6 Å². The molecule has 0 aliphatic carbocycles. The van der Waals surface area contributed by atoms with Gasteiger partial charge in [-0.3, -0.25) is 4.40 Å². The summed E-state index contributed by atoms with van der Waals surface area (Å²) in [6.07, 6.45) is 5.63. The molecule has 0 spiro atoms. The van der Waals surface area contributed by atoms with Crippen LogP contribution in [0.25, 0.3) is 5.65 Å². The van der Waals surface area contributed by atoms with Crippen molar-refractivity contribution >= 4 is 11.5 Å². The van der Waals surface area contributed by atoms with Crippen LogP contribution in [0.4, 0.5) is 5.82 Å². The fourth-order valence-corrected chi connectivity index (χ4v) is 3.15. The van der Waals surface area contributed by atoms with Crippen LogP contribution in [0, 0.1) is 6.92 Å². The van der Waals surface area contributed by atoms with E-state index in [-0.39, 0.29) is 0 Å². The average Bonchev–Trinajstić information content (AvgIpc) is 3.19. The van der Waals surface area contributed by atoms with Gasteiger partial charge in [0.25, 0.3) is 0 Å². The van der Waals surface area contributed by atoms with Crippen LogP contribution >= 0.6 is 0 Å². The molecule has 2 aromatic rings. The molecule has 6 nitrogen and oxygen atoms in total. The van der Waals surface area contributed by atoms with E-state index in [9.17, 15) is 0 Å². The summed E-state index contributed by atoms with van der Waals surface area (Å²) in [7, 11) is 3.55. The highest BCUT2D eigenvalue weighted by Gasteiger charge is 2.14. The number of ether oxygens (including phenoxy) is 2. The van der Waals surface area contributed by atoms with E-state index in [1.54, 1.807) is 7.11 Å². The summed E-state index contributed by atoms with van der Waals surface area (Å²) in [5.41, 5.74) is 1.92. The summed E-state index contributed by atoms with van der Waals surface area (Å²) >= 11 is 0. The number of hydrogen-bond donors (Lipinski definition) is 1. The summed E-state index contributed by atoms with van der Waals surface area (Å²) < 4.78 is 13.4. The fourth-order valence-electron chi connectivity index (χ4n) is 3.15. The average molecular weight is 318 g/mol. The van der Waals surface area contributed by atoms with Crippen molar-refractivity contribution in [2.24, 2.45) is 0 Å². The normalized spacial score (nSPS) is 15.3. The number of aryl methyl sites for hydroxylation is 1. The van der Waals surface area contributed by atoms with Crippen LogP contribution in [0.1, 0.15) is 25.0 Å². The Morgan fingerprint density at radius 3 is 2.74 bits per heavy atom. The van der Waals surface area contributed by atoms with E-state index in [1.807, 2.05) is 30.6 Å². The van der Waals surface area contributed by atoms with Crippen molar-refractivity contribution in [3.63, 3.8) is 0 Å². The van der Waals surface area contributed by atoms with Crippen LogP contribution < -0.4 is 14.8 Å². The van der Waals surface area contributed by atoms with Crippen LogP contribution in [-0.2, 0) is 0 Å². The molecule has 0 atom stereocenters. The van der Waals surface area contributed by atoms with Crippen LogP contribution in [0.2, 0.25) is 0 Å². The predicted molar refractivity (Wildman–Crippen MR) is 91.8 cm³/mol. The second kappa shape index (κ2) is 7.08. The largest absolute Gasteiger partial charge is 0.491 e. The van der Waals surface area contributed by atoms with E-state index >= 15 is 0 Å². The summed E-state index contributed by atoms with van der Waals surface area (Å²) in [4.78, 5) is 7.07. The van der Waals surface area contributed by atoms with Crippen molar-refractivity contribution < 1.29 is 9.47 Å². The minimum Gasteiger partial charge on any atom is -0.491 e. The quantitative estimate of drug-likeness (QED) is 0.795. The monoisotopic (exact) mass is 318 g/mol. The first-order valence-corrected chi connectivity index (χ1v) is 8.32. The first-order valence-electron chi connectivity index (χ1n) is 8.32. The molecule has 126 valence electrons. The number of anilines is 1. The van der Waals surface area contributed by atoms with Crippen LogP contribution in [-0.4, -0.2) is 54.7 Å². The topological polar surface area (TPSA) is 51.0 Å². The zero-order valence-electron chi connectivity index (χ0n) is 14.3. The molecular formula is C17H26N4O2. The van der Waals surface area contributed by atoms with E-state index < -0.39 is 0 Å². The molecule has 0 saturated carbocycles. The summed E-state index contributed by atoms with van der Waals surface area (Å²) in [6.45, 7) is 6.30. The number of imidazole rings is 1.